The summed E-state index contributed by atoms with van der Waals surface area (Å²) in [4.78, 5) is 11.5. The number of aromatic nitrogens is 3. The molecule has 0 bridgehead atoms. The predicted octanol–water partition coefficient (Wildman–Crippen LogP) is 2.16. The molecule has 2 aromatic rings. The van der Waals surface area contributed by atoms with Crippen LogP contribution < -0.4 is 0 Å². The van der Waals surface area contributed by atoms with Crippen LogP contribution in [0.25, 0.3) is 5.65 Å². The molecule has 2 heterocycles. The molecule has 0 aliphatic heterocycles. The van der Waals surface area contributed by atoms with E-state index in [4.69, 9.17) is 0 Å². The number of aliphatic carboxylic acids is 1. The van der Waals surface area contributed by atoms with E-state index in [0.717, 1.165) is 5.65 Å². The SMILES string of the molecule is CCC(CC)(Cc1nnc2ccccn12)C(=O)O. The average Bonchev–Trinajstić information content (AvgIpc) is 2.79. The molecular formula is C13H17N3O2. The Morgan fingerprint density at radius 1 is 1.33 bits per heavy atom. The lowest BCUT2D eigenvalue weighted by molar-refractivity contribution is -0.149. The molecule has 5 nitrogen and oxygen atoms in total. The van der Waals surface area contributed by atoms with Crippen molar-refractivity contribution in [1.82, 2.24) is 14.6 Å². The molecule has 18 heavy (non-hydrogen) atoms. The number of carbonyl (C=O) groups is 1. The van der Waals surface area contributed by atoms with Gasteiger partial charge in [0.2, 0.25) is 0 Å². The normalized spacial score (nSPS) is 11.9. The molecule has 0 spiro atoms. The summed E-state index contributed by atoms with van der Waals surface area (Å²) in [5.41, 5.74) is -0.00212. The van der Waals surface area contributed by atoms with E-state index in [9.17, 15) is 9.90 Å². The van der Waals surface area contributed by atoms with Crippen LogP contribution in [0.1, 0.15) is 32.5 Å². The lowest BCUT2D eigenvalue weighted by Gasteiger charge is -2.25. The first-order valence-corrected chi connectivity index (χ1v) is 6.15. The number of hydrogen-bond acceptors (Lipinski definition) is 3. The third-order valence-electron chi connectivity index (χ3n) is 3.69. The second kappa shape index (κ2) is 4.76. The summed E-state index contributed by atoms with van der Waals surface area (Å²) < 4.78 is 1.85. The molecule has 0 aliphatic rings. The van der Waals surface area contributed by atoms with Gasteiger partial charge in [0.25, 0.3) is 0 Å². The molecule has 96 valence electrons. The van der Waals surface area contributed by atoms with Crippen molar-refractivity contribution in [2.45, 2.75) is 33.1 Å². The summed E-state index contributed by atoms with van der Waals surface area (Å²) in [6.07, 6.45) is 3.43. The monoisotopic (exact) mass is 247 g/mol. The first kappa shape index (κ1) is 12.5. The Bertz CT molecular complexity index is 558. The highest BCUT2D eigenvalue weighted by atomic mass is 16.4. The Balaban J connectivity index is 2.40. The van der Waals surface area contributed by atoms with E-state index in [1.165, 1.54) is 0 Å². The highest BCUT2D eigenvalue weighted by Crippen LogP contribution is 2.30. The van der Waals surface area contributed by atoms with Gasteiger partial charge >= 0.3 is 5.97 Å². The lowest BCUT2D eigenvalue weighted by atomic mass is 9.79. The Kier molecular flexibility index (Phi) is 3.32. The first-order valence-electron chi connectivity index (χ1n) is 6.15. The number of nitrogens with zero attached hydrogens (tertiary/aromatic N) is 3. The number of hydrogen-bond donors (Lipinski definition) is 1. The standard InChI is InChI=1S/C13H17N3O2/c1-3-13(4-2,12(17)18)9-11-15-14-10-7-5-6-8-16(10)11/h5-8H,3-4,9H2,1-2H3,(H,17,18). The van der Waals surface area contributed by atoms with Gasteiger partial charge in [-0.2, -0.15) is 0 Å². The highest BCUT2D eigenvalue weighted by Gasteiger charge is 2.36. The van der Waals surface area contributed by atoms with Crippen LogP contribution in [-0.4, -0.2) is 25.7 Å². The molecule has 0 saturated carbocycles. The minimum absolute atomic E-state index is 0.403. The zero-order valence-electron chi connectivity index (χ0n) is 10.6. The Hall–Kier alpha value is -1.91. The van der Waals surface area contributed by atoms with Crippen molar-refractivity contribution >= 4 is 11.6 Å². The van der Waals surface area contributed by atoms with Crippen LogP contribution in [0.15, 0.2) is 24.4 Å². The van der Waals surface area contributed by atoms with E-state index in [0.29, 0.717) is 25.1 Å². The second-order valence-corrected chi connectivity index (χ2v) is 4.51. The fourth-order valence-corrected chi connectivity index (χ4v) is 2.19. The van der Waals surface area contributed by atoms with E-state index >= 15 is 0 Å². The molecule has 0 amide bonds. The van der Waals surface area contributed by atoms with Gasteiger partial charge in [-0.1, -0.05) is 19.9 Å². The van der Waals surface area contributed by atoms with Gasteiger partial charge in [0, 0.05) is 12.6 Å². The van der Waals surface area contributed by atoms with Crippen LogP contribution >= 0.6 is 0 Å². The third-order valence-corrected chi connectivity index (χ3v) is 3.69. The maximum Gasteiger partial charge on any atom is 0.310 e. The molecule has 5 heteroatoms. The summed E-state index contributed by atoms with van der Waals surface area (Å²) in [6, 6.07) is 5.63. The Morgan fingerprint density at radius 3 is 2.67 bits per heavy atom. The Morgan fingerprint density at radius 2 is 2.06 bits per heavy atom. The molecule has 0 radical (unpaired) electrons. The zero-order valence-corrected chi connectivity index (χ0v) is 10.6. The van der Waals surface area contributed by atoms with Crippen LogP contribution in [0.4, 0.5) is 0 Å². The molecule has 1 N–H and O–H groups in total. The molecule has 0 unspecified atom stereocenters. The molecule has 2 aromatic heterocycles. The van der Waals surface area contributed by atoms with Crippen LogP contribution in [0.5, 0.6) is 0 Å². The van der Waals surface area contributed by atoms with Crippen molar-refractivity contribution in [2.75, 3.05) is 0 Å². The van der Waals surface area contributed by atoms with Crippen LogP contribution in [0, 0.1) is 5.41 Å². The van der Waals surface area contributed by atoms with Gasteiger partial charge in [-0.25, -0.2) is 0 Å². The zero-order chi connectivity index (χ0) is 13.2. The van der Waals surface area contributed by atoms with Crippen LogP contribution in [0.2, 0.25) is 0 Å². The van der Waals surface area contributed by atoms with E-state index in [1.54, 1.807) is 0 Å². The number of pyridine rings is 1. The van der Waals surface area contributed by atoms with Gasteiger partial charge in [0.1, 0.15) is 5.82 Å². The van der Waals surface area contributed by atoms with Crippen molar-refractivity contribution in [3.63, 3.8) is 0 Å². The van der Waals surface area contributed by atoms with Gasteiger partial charge in [-0.3, -0.25) is 9.20 Å². The summed E-state index contributed by atoms with van der Waals surface area (Å²) in [5.74, 6) is -0.0584. The predicted molar refractivity (Wildman–Crippen MR) is 67.3 cm³/mol. The number of carboxylic acids is 1. The van der Waals surface area contributed by atoms with Crippen molar-refractivity contribution in [3.8, 4) is 0 Å². The summed E-state index contributed by atoms with van der Waals surface area (Å²) in [7, 11) is 0. The maximum atomic E-state index is 11.5. The molecule has 0 aromatic carbocycles. The van der Waals surface area contributed by atoms with Gasteiger partial charge < -0.3 is 5.11 Å². The number of carboxylic acid groups (broad SMARTS) is 1. The number of fused-ring (bicyclic) bond motifs is 1. The van der Waals surface area contributed by atoms with E-state index in [1.807, 2.05) is 42.6 Å². The van der Waals surface area contributed by atoms with Crippen molar-refractivity contribution in [3.05, 3.63) is 30.2 Å². The van der Waals surface area contributed by atoms with Gasteiger partial charge in [0.05, 0.1) is 5.41 Å². The van der Waals surface area contributed by atoms with Crippen LogP contribution in [0.3, 0.4) is 0 Å². The first-order chi connectivity index (χ1) is 8.63. The second-order valence-electron chi connectivity index (χ2n) is 4.51. The molecule has 0 atom stereocenters. The van der Waals surface area contributed by atoms with Crippen molar-refractivity contribution < 1.29 is 9.90 Å². The quantitative estimate of drug-likeness (QED) is 0.879. The summed E-state index contributed by atoms with van der Waals surface area (Å²) >= 11 is 0. The lowest BCUT2D eigenvalue weighted by Crippen LogP contribution is -2.32. The van der Waals surface area contributed by atoms with Gasteiger partial charge in [0.15, 0.2) is 5.65 Å². The van der Waals surface area contributed by atoms with E-state index in [-0.39, 0.29) is 0 Å². The molecular weight excluding hydrogens is 230 g/mol. The maximum absolute atomic E-state index is 11.5. The fourth-order valence-electron chi connectivity index (χ4n) is 2.19. The molecule has 2 rings (SSSR count). The molecule has 0 aliphatic carbocycles. The van der Waals surface area contributed by atoms with Crippen molar-refractivity contribution in [2.24, 2.45) is 5.41 Å². The minimum atomic E-state index is -0.764. The fraction of sp³-hybridized carbons (Fsp3) is 0.462. The third kappa shape index (κ3) is 1.96. The largest absolute Gasteiger partial charge is 0.481 e. The highest BCUT2D eigenvalue weighted by molar-refractivity contribution is 5.74. The van der Waals surface area contributed by atoms with Crippen molar-refractivity contribution in [1.29, 1.82) is 0 Å². The van der Waals surface area contributed by atoms with Gasteiger partial charge in [-0.05, 0) is 25.0 Å². The van der Waals surface area contributed by atoms with Crippen LogP contribution in [-0.2, 0) is 11.2 Å². The van der Waals surface area contributed by atoms with Gasteiger partial charge in [-0.15, -0.1) is 10.2 Å². The topological polar surface area (TPSA) is 67.5 Å². The number of rotatable bonds is 5. The minimum Gasteiger partial charge on any atom is -0.481 e. The Labute approximate surface area is 105 Å². The smallest absolute Gasteiger partial charge is 0.310 e. The van der Waals surface area contributed by atoms with E-state index in [2.05, 4.69) is 10.2 Å². The summed E-state index contributed by atoms with van der Waals surface area (Å²) in [5, 5.41) is 17.6. The molecule has 0 fully saturated rings. The molecule has 0 saturated heterocycles. The van der Waals surface area contributed by atoms with E-state index < -0.39 is 11.4 Å². The average molecular weight is 247 g/mol. The summed E-state index contributed by atoms with van der Waals surface area (Å²) in [6.45, 7) is 3.81.